The standard InChI is InChI=1S/C12H25N3/c1-2-7-15-8-4-11(5-9-15)14-12-3-6-13-10-12/h11-14H,2-10H2,1H3. The van der Waals surface area contributed by atoms with E-state index in [1.807, 2.05) is 0 Å². The average molecular weight is 211 g/mol. The summed E-state index contributed by atoms with van der Waals surface area (Å²) >= 11 is 0. The molecule has 2 N–H and O–H groups in total. The van der Waals surface area contributed by atoms with Crippen molar-refractivity contribution < 1.29 is 0 Å². The van der Waals surface area contributed by atoms with Crippen molar-refractivity contribution in [3.8, 4) is 0 Å². The van der Waals surface area contributed by atoms with Gasteiger partial charge in [0, 0.05) is 18.6 Å². The molecule has 0 aromatic heterocycles. The topological polar surface area (TPSA) is 27.3 Å². The van der Waals surface area contributed by atoms with E-state index >= 15 is 0 Å². The molecule has 0 bridgehead atoms. The van der Waals surface area contributed by atoms with Crippen LogP contribution in [0.15, 0.2) is 0 Å². The third-order valence-corrected chi connectivity index (χ3v) is 3.66. The summed E-state index contributed by atoms with van der Waals surface area (Å²) in [5.74, 6) is 0. The van der Waals surface area contributed by atoms with Crippen LogP contribution >= 0.6 is 0 Å². The lowest BCUT2D eigenvalue weighted by molar-refractivity contribution is 0.192. The van der Waals surface area contributed by atoms with E-state index in [9.17, 15) is 0 Å². The Balaban J connectivity index is 1.64. The molecular weight excluding hydrogens is 186 g/mol. The van der Waals surface area contributed by atoms with Gasteiger partial charge < -0.3 is 15.5 Å². The minimum Gasteiger partial charge on any atom is -0.315 e. The second-order valence-electron chi connectivity index (χ2n) is 4.97. The first-order chi connectivity index (χ1) is 7.38. The van der Waals surface area contributed by atoms with Crippen molar-refractivity contribution >= 4 is 0 Å². The monoisotopic (exact) mass is 211 g/mol. The molecule has 0 amide bonds. The third-order valence-electron chi connectivity index (χ3n) is 3.66. The van der Waals surface area contributed by atoms with Gasteiger partial charge in [-0.3, -0.25) is 0 Å². The lowest BCUT2D eigenvalue weighted by Gasteiger charge is -2.33. The van der Waals surface area contributed by atoms with Gasteiger partial charge in [-0.2, -0.15) is 0 Å². The van der Waals surface area contributed by atoms with E-state index in [0.717, 1.165) is 12.1 Å². The number of rotatable bonds is 4. The van der Waals surface area contributed by atoms with Crippen LogP contribution in [-0.4, -0.2) is 49.7 Å². The van der Waals surface area contributed by atoms with Gasteiger partial charge in [0.2, 0.25) is 0 Å². The Morgan fingerprint density at radius 3 is 2.60 bits per heavy atom. The molecule has 2 aliphatic heterocycles. The molecular formula is C12H25N3. The van der Waals surface area contributed by atoms with E-state index in [0.29, 0.717) is 0 Å². The van der Waals surface area contributed by atoms with Crippen LogP contribution in [0.1, 0.15) is 32.6 Å². The largest absolute Gasteiger partial charge is 0.315 e. The van der Waals surface area contributed by atoms with E-state index < -0.39 is 0 Å². The molecule has 2 heterocycles. The summed E-state index contributed by atoms with van der Waals surface area (Å²) in [5, 5.41) is 7.21. The van der Waals surface area contributed by atoms with Crippen LogP contribution in [0.3, 0.4) is 0 Å². The number of nitrogens with zero attached hydrogens (tertiary/aromatic N) is 1. The first kappa shape index (κ1) is 11.4. The Kier molecular flexibility index (Phi) is 4.42. The van der Waals surface area contributed by atoms with Crippen molar-refractivity contribution in [3.05, 3.63) is 0 Å². The highest BCUT2D eigenvalue weighted by Crippen LogP contribution is 2.12. The SMILES string of the molecule is CCCN1CCC(NC2CCNC2)CC1. The van der Waals surface area contributed by atoms with Crippen molar-refractivity contribution in [2.75, 3.05) is 32.7 Å². The van der Waals surface area contributed by atoms with E-state index in [1.54, 1.807) is 0 Å². The Bertz CT molecular complexity index is 170. The predicted molar refractivity (Wildman–Crippen MR) is 64.2 cm³/mol. The van der Waals surface area contributed by atoms with Crippen LogP contribution in [0.25, 0.3) is 0 Å². The summed E-state index contributed by atoms with van der Waals surface area (Å²) < 4.78 is 0. The molecule has 0 aliphatic carbocycles. The van der Waals surface area contributed by atoms with Crippen LogP contribution in [0.5, 0.6) is 0 Å². The van der Waals surface area contributed by atoms with Crippen LogP contribution < -0.4 is 10.6 Å². The molecule has 3 heteroatoms. The summed E-state index contributed by atoms with van der Waals surface area (Å²) in [6.45, 7) is 8.53. The minimum atomic E-state index is 0.743. The van der Waals surface area contributed by atoms with Crippen LogP contribution in [0, 0.1) is 0 Å². The maximum atomic E-state index is 3.79. The fourth-order valence-electron chi connectivity index (χ4n) is 2.77. The lowest BCUT2D eigenvalue weighted by atomic mass is 10.0. The Hall–Kier alpha value is -0.120. The first-order valence-corrected chi connectivity index (χ1v) is 6.57. The minimum absolute atomic E-state index is 0.743. The second kappa shape index (κ2) is 5.83. The Morgan fingerprint density at radius 1 is 1.20 bits per heavy atom. The smallest absolute Gasteiger partial charge is 0.0207 e. The van der Waals surface area contributed by atoms with Gasteiger partial charge in [-0.15, -0.1) is 0 Å². The lowest BCUT2D eigenvalue weighted by Crippen LogP contribution is -2.46. The quantitative estimate of drug-likeness (QED) is 0.721. The van der Waals surface area contributed by atoms with Crippen LogP contribution in [0.4, 0.5) is 0 Å². The number of hydrogen-bond acceptors (Lipinski definition) is 3. The average Bonchev–Trinajstić information content (AvgIpc) is 2.74. The predicted octanol–water partition coefficient (Wildman–Crippen LogP) is 0.812. The summed E-state index contributed by atoms with van der Waals surface area (Å²) in [6.07, 6.45) is 5.30. The fourth-order valence-corrected chi connectivity index (χ4v) is 2.77. The Labute approximate surface area is 93.6 Å². The summed E-state index contributed by atoms with van der Waals surface area (Å²) in [5.41, 5.74) is 0. The van der Waals surface area contributed by atoms with Crippen LogP contribution in [-0.2, 0) is 0 Å². The maximum Gasteiger partial charge on any atom is 0.0207 e. The zero-order valence-corrected chi connectivity index (χ0v) is 9.97. The highest BCUT2D eigenvalue weighted by molar-refractivity contribution is 4.84. The van der Waals surface area contributed by atoms with Gasteiger partial charge in [-0.25, -0.2) is 0 Å². The molecule has 1 atom stereocenters. The van der Waals surface area contributed by atoms with Gasteiger partial charge in [-0.1, -0.05) is 6.92 Å². The number of hydrogen-bond donors (Lipinski definition) is 2. The fraction of sp³-hybridized carbons (Fsp3) is 1.00. The molecule has 2 fully saturated rings. The Morgan fingerprint density at radius 2 is 2.00 bits per heavy atom. The van der Waals surface area contributed by atoms with Gasteiger partial charge in [-0.05, 0) is 51.9 Å². The van der Waals surface area contributed by atoms with Gasteiger partial charge in [0.05, 0.1) is 0 Å². The molecule has 15 heavy (non-hydrogen) atoms. The molecule has 2 saturated heterocycles. The highest BCUT2D eigenvalue weighted by Gasteiger charge is 2.22. The van der Waals surface area contributed by atoms with Gasteiger partial charge in [0.15, 0.2) is 0 Å². The molecule has 0 saturated carbocycles. The summed E-state index contributed by atoms with van der Waals surface area (Å²) in [7, 11) is 0. The molecule has 0 aromatic rings. The molecule has 2 rings (SSSR count). The van der Waals surface area contributed by atoms with Gasteiger partial charge in [0.1, 0.15) is 0 Å². The van der Waals surface area contributed by atoms with Gasteiger partial charge >= 0.3 is 0 Å². The zero-order valence-electron chi connectivity index (χ0n) is 9.97. The van der Waals surface area contributed by atoms with Crippen molar-refractivity contribution in [2.24, 2.45) is 0 Å². The number of likely N-dealkylation sites (tertiary alicyclic amines) is 1. The van der Waals surface area contributed by atoms with Crippen molar-refractivity contribution in [2.45, 2.75) is 44.7 Å². The van der Waals surface area contributed by atoms with Gasteiger partial charge in [0.25, 0.3) is 0 Å². The molecule has 0 radical (unpaired) electrons. The number of nitrogens with one attached hydrogen (secondary N) is 2. The summed E-state index contributed by atoms with van der Waals surface area (Å²) in [4.78, 5) is 2.60. The second-order valence-corrected chi connectivity index (χ2v) is 4.97. The third kappa shape index (κ3) is 3.44. The summed E-state index contributed by atoms with van der Waals surface area (Å²) in [6, 6.07) is 1.52. The molecule has 1 unspecified atom stereocenters. The molecule has 0 aromatic carbocycles. The maximum absolute atomic E-state index is 3.79. The van der Waals surface area contributed by atoms with E-state index in [2.05, 4.69) is 22.5 Å². The van der Waals surface area contributed by atoms with E-state index in [-0.39, 0.29) is 0 Å². The van der Waals surface area contributed by atoms with Crippen LogP contribution in [0.2, 0.25) is 0 Å². The zero-order chi connectivity index (χ0) is 10.5. The van der Waals surface area contributed by atoms with E-state index in [1.165, 1.54) is 58.4 Å². The van der Waals surface area contributed by atoms with Crippen molar-refractivity contribution in [3.63, 3.8) is 0 Å². The molecule has 0 spiro atoms. The first-order valence-electron chi connectivity index (χ1n) is 6.57. The van der Waals surface area contributed by atoms with Crippen molar-refractivity contribution in [1.82, 2.24) is 15.5 Å². The molecule has 3 nitrogen and oxygen atoms in total. The normalized spacial score (nSPS) is 29.8. The molecule has 88 valence electrons. The van der Waals surface area contributed by atoms with Crippen molar-refractivity contribution in [1.29, 1.82) is 0 Å². The number of piperidine rings is 1. The highest BCUT2D eigenvalue weighted by atomic mass is 15.1. The molecule has 2 aliphatic rings. The van der Waals surface area contributed by atoms with E-state index in [4.69, 9.17) is 0 Å².